The van der Waals surface area contributed by atoms with Crippen LogP contribution in [0.15, 0.2) is 24.3 Å². The van der Waals surface area contributed by atoms with Crippen molar-refractivity contribution in [2.45, 2.75) is 6.92 Å². The minimum atomic E-state index is -0.143. The molecule has 0 spiro atoms. The number of nitrogens with one attached hydrogen (secondary N) is 1. The van der Waals surface area contributed by atoms with E-state index in [-0.39, 0.29) is 17.5 Å². The number of carbonyl (C=O) groups excluding carboxylic acids is 1. The number of benzene rings is 1. The van der Waals surface area contributed by atoms with Crippen molar-refractivity contribution in [2.75, 3.05) is 25.2 Å². The number of amides is 1. The van der Waals surface area contributed by atoms with E-state index >= 15 is 0 Å². The normalized spacial score (nSPS) is 11.7. The average Bonchev–Trinajstić information content (AvgIpc) is 2.43. The smallest absolute Gasteiger partial charge is 0.257 e. The molecule has 1 atom stereocenters. The molecule has 1 aromatic carbocycles. The van der Waals surface area contributed by atoms with Gasteiger partial charge in [-0.2, -0.15) is 11.8 Å². The van der Waals surface area contributed by atoms with Crippen LogP contribution in [0.4, 0.5) is 0 Å². The van der Waals surface area contributed by atoms with Gasteiger partial charge in [0.2, 0.25) is 0 Å². The molecule has 0 bridgehead atoms. The van der Waals surface area contributed by atoms with E-state index in [1.165, 1.54) is 0 Å². The molecule has 1 rings (SSSR count). The number of thioether (sulfide) groups is 1. The van der Waals surface area contributed by atoms with E-state index in [2.05, 4.69) is 12.2 Å². The maximum Gasteiger partial charge on any atom is 0.257 e. The topological polar surface area (TPSA) is 64.3 Å². The molecule has 0 aliphatic rings. The van der Waals surface area contributed by atoms with Crippen molar-refractivity contribution in [2.24, 2.45) is 11.7 Å². The van der Waals surface area contributed by atoms with E-state index in [4.69, 9.17) is 22.7 Å². The zero-order valence-corrected chi connectivity index (χ0v) is 13.4. The lowest BCUT2D eigenvalue weighted by molar-refractivity contribution is -0.123. The molecule has 4 nitrogen and oxygen atoms in total. The first-order chi connectivity index (χ1) is 9.54. The van der Waals surface area contributed by atoms with Crippen molar-refractivity contribution >= 4 is 34.9 Å². The fourth-order valence-corrected chi connectivity index (χ4v) is 2.48. The second-order valence-electron chi connectivity index (χ2n) is 4.51. The number of para-hydroxylation sites is 1. The third kappa shape index (κ3) is 5.79. The zero-order chi connectivity index (χ0) is 15.0. The lowest BCUT2D eigenvalue weighted by Gasteiger charge is -2.13. The second kappa shape index (κ2) is 8.81. The number of hydrogen-bond donors (Lipinski definition) is 2. The van der Waals surface area contributed by atoms with E-state index in [0.717, 1.165) is 5.75 Å². The minimum absolute atomic E-state index is 0.0361. The second-order valence-corrected chi connectivity index (χ2v) is 5.86. The van der Waals surface area contributed by atoms with Crippen molar-refractivity contribution < 1.29 is 9.53 Å². The third-order valence-corrected chi connectivity index (χ3v) is 3.73. The maximum absolute atomic E-state index is 11.7. The van der Waals surface area contributed by atoms with E-state index in [0.29, 0.717) is 23.8 Å². The van der Waals surface area contributed by atoms with Gasteiger partial charge in [-0.3, -0.25) is 4.79 Å². The van der Waals surface area contributed by atoms with Crippen molar-refractivity contribution in [1.82, 2.24) is 5.32 Å². The molecule has 6 heteroatoms. The zero-order valence-electron chi connectivity index (χ0n) is 11.7. The highest BCUT2D eigenvalue weighted by Gasteiger charge is 2.09. The number of ether oxygens (including phenoxy) is 1. The van der Waals surface area contributed by atoms with Crippen LogP contribution in [0.25, 0.3) is 0 Å². The maximum atomic E-state index is 11.7. The lowest BCUT2D eigenvalue weighted by Crippen LogP contribution is -2.33. The van der Waals surface area contributed by atoms with Crippen LogP contribution < -0.4 is 15.8 Å². The molecular weight excluding hydrogens is 292 g/mol. The summed E-state index contributed by atoms with van der Waals surface area (Å²) in [7, 11) is 0. The van der Waals surface area contributed by atoms with Gasteiger partial charge in [0.05, 0.1) is 5.56 Å². The Morgan fingerprint density at radius 3 is 2.85 bits per heavy atom. The Balaban J connectivity index is 2.43. The van der Waals surface area contributed by atoms with Gasteiger partial charge in [-0.25, -0.2) is 0 Å². The molecule has 1 aromatic rings. The summed E-state index contributed by atoms with van der Waals surface area (Å²) in [5.41, 5.74) is 6.25. The molecular formula is C14H20N2O2S2. The fourth-order valence-electron chi connectivity index (χ4n) is 1.62. The van der Waals surface area contributed by atoms with Gasteiger partial charge < -0.3 is 15.8 Å². The standard InChI is InChI=1S/C14H20N2O2S2/c1-10(9-20-2)7-16-13(17)8-18-12-6-4-3-5-11(12)14(15)19/h3-6,10H,7-9H2,1-2H3,(H2,15,19)(H,16,17). The number of thiocarbonyl (C=S) groups is 1. The highest BCUT2D eigenvalue weighted by atomic mass is 32.2. The van der Waals surface area contributed by atoms with Gasteiger partial charge in [0.1, 0.15) is 10.7 Å². The molecule has 0 heterocycles. The van der Waals surface area contributed by atoms with Crippen LogP contribution in [0, 0.1) is 5.92 Å². The molecule has 0 saturated carbocycles. The summed E-state index contributed by atoms with van der Waals surface area (Å²) in [6, 6.07) is 7.16. The van der Waals surface area contributed by atoms with Crippen LogP contribution in [-0.2, 0) is 4.79 Å². The van der Waals surface area contributed by atoms with E-state index in [1.807, 2.05) is 18.4 Å². The van der Waals surface area contributed by atoms with Gasteiger partial charge in [0.15, 0.2) is 6.61 Å². The van der Waals surface area contributed by atoms with Gasteiger partial charge in [0, 0.05) is 6.54 Å². The quantitative estimate of drug-likeness (QED) is 0.717. The summed E-state index contributed by atoms with van der Waals surface area (Å²) < 4.78 is 5.47. The monoisotopic (exact) mass is 312 g/mol. The molecule has 0 saturated heterocycles. The molecule has 1 amide bonds. The average molecular weight is 312 g/mol. The van der Waals surface area contributed by atoms with Crippen molar-refractivity contribution in [1.29, 1.82) is 0 Å². The Morgan fingerprint density at radius 2 is 2.20 bits per heavy atom. The summed E-state index contributed by atoms with van der Waals surface area (Å²) >= 11 is 6.70. The molecule has 0 aromatic heterocycles. The first kappa shape index (κ1) is 16.8. The number of carbonyl (C=O) groups is 1. The third-order valence-electron chi connectivity index (χ3n) is 2.61. The Bertz CT molecular complexity index is 466. The molecule has 0 fully saturated rings. The summed E-state index contributed by atoms with van der Waals surface area (Å²) in [4.78, 5) is 12.0. The Morgan fingerprint density at radius 1 is 1.50 bits per heavy atom. The number of hydrogen-bond acceptors (Lipinski definition) is 4. The minimum Gasteiger partial charge on any atom is -0.483 e. The summed E-state index contributed by atoms with van der Waals surface area (Å²) in [6.45, 7) is 2.71. The number of rotatable bonds is 8. The van der Waals surface area contributed by atoms with Gasteiger partial charge in [-0.15, -0.1) is 0 Å². The van der Waals surface area contributed by atoms with Crippen molar-refractivity contribution in [3.05, 3.63) is 29.8 Å². The molecule has 1 unspecified atom stereocenters. The van der Waals surface area contributed by atoms with Crippen molar-refractivity contribution in [3.8, 4) is 5.75 Å². The Hall–Kier alpha value is -1.27. The van der Waals surface area contributed by atoms with E-state index < -0.39 is 0 Å². The first-order valence-electron chi connectivity index (χ1n) is 6.31. The predicted molar refractivity (Wildman–Crippen MR) is 88.4 cm³/mol. The van der Waals surface area contributed by atoms with Crippen LogP contribution in [0.1, 0.15) is 12.5 Å². The van der Waals surface area contributed by atoms with Gasteiger partial charge >= 0.3 is 0 Å². The summed E-state index contributed by atoms with van der Waals surface area (Å²) in [6.07, 6.45) is 2.05. The van der Waals surface area contributed by atoms with E-state index in [9.17, 15) is 4.79 Å². The molecule has 0 aliphatic carbocycles. The molecule has 20 heavy (non-hydrogen) atoms. The predicted octanol–water partition coefficient (Wildman–Crippen LogP) is 1.81. The van der Waals surface area contributed by atoms with Gasteiger partial charge in [-0.1, -0.05) is 31.3 Å². The molecule has 110 valence electrons. The number of nitrogens with two attached hydrogens (primary N) is 1. The Labute approximate surface area is 129 Å². The SMILES string of the molecule is CSCC(C)CNC(=O)COc1ccccc1C(N)=S. The van der Waals surface area contributed by atoms with Crippen LogP contribution >= 0.6 is 24.0 Å². The molecule has 3 N–H and O–H groups in total. The Kier molecular flexibility index (Phi) is 7.40. The largest absolute Gasteiger partial charge is 0.483 e. The highest BCUT2D eigenvalue weighted by molar-refractivity contribution is 7.98. The van der Waals surface area contributed by atoms with E-state index in [1.54, 1.807) is 23.9 Å². The molecule has 0 radical (unpaired) electrons. The first-order valence-corrected chi connectivity index (χ1v) is 8.12. The van der Waals surface area contributed by atoms with Crippen LogP contribution in [-0.4, -0.2) is 36.1 Å². The van der Waals surface area contributed by atoms with Crippen LogP contribution in [0.3, 0.4) is 0 Å². The summed E-state index contributed by atoms with van der Waals surface area (Å²) in [5.74, 6) is 1.85. The summed E-state index contributed by atoms with van der Waals surface area (Å²) in [5, 5.41) is 2.84. The van der Waals surface area contributed by atoms with Crippen LogP contribution in [0.2, 0.25) is 0 Å². The fraction of sp³-hybridized carbons (Fsp3) is 0.429. The van der Waals surface area contributed by atoms with Crippen molar-refractivity contribution in [3.63, 3.8) is 0 Å². The van der Waals surface area contributed by atoms with Gasteiger partial charge in [-0.05, 0) is 30.1 Å². The highest BCUT2D eigenvalue weighted by Crippen LogP contribution is 2.17. The van der Waals surface area contributed by atoms with Gasteiger partial charge in [0.25, 0.3) is 5.91 Å². The lowest BCUT2D eigenvalue weighted by atomic mass is 10.2. The molecule has 0 aliphatic heterocycles. The van der Waals surface area contributed by atoms with Crippen LogP contribution in [0.5, 0.6) is 5.75 Å².